The maximum atomic E-state index is 12.6. The number of ether oxygens (including phenoxy) is 4. The van der Waals surface area contributed by atoms with E-state index in [2.05, 4.69) is 0 Å². The summed E-state index contributed by atoms with van der Waals surface area (Å²) in [5, 5.41) is 0. The molecule has 0 fully saturated rings. The Labute approximate surface area is 157 Å². The summed E-state index contributed by atoms with van der Waals surface area (Å²) in [5.41, 5.74) is -2.03. The maximum absolute atomic E-state index is 12.6. The molecule has 0 saturated heterocycles. The highest BCUT2D eigenvalue weighted by atomic mass is 16.6. The number of esters is 4. The second-order valence-electron chi connectivity index (χ2n) is 5.43. The third kappa shape index (κ3) is 6.73. The van der Waals surface area contributed by atoms with Gasteiger partial charge in [0.15, 0.2) is 0 Å². The molecule has 0 radical (unpaired) electrons. The van der Waals surface area contributed by atoms with Crippen molar-refractivity contribution >= 4 is 23.9 Å². The van der Waals surface area contributed by atoms with Crippen LogP contribution in [0.4, 0.5) is 0 Å². The average molecular weight is 380 g/mol. The van der Waals surface area contributed by atoms with E-state index in [-0.39, 0.29) is 25.4 Å². The molecular formula is C19H24O8. The molecule has 8 nitrogen and oxygen atoms in total. The number of carbonyl (C=O) groups excluding carboxylic acids is 4. The van der Waals surface area contributed by atoms with Crippen LogP contribution in [0.2, 0.25) is 0 Å². The zero-order valence-corrected chi connectivity index (χ0v) is 15.7. The van der Waals surface area contributed by atoms with Crippen LogP contribution in [-0.2, 0) is 33.3 Å². The molecule has 148 valence electrons. The van der Waals surface area contributed by atoms with E-state index >= 15 is 0 Å². The highest BCUT2D eigenvalue weighted by Crippen LogP contribution is 2.27. The van der Waals surface area contributed by atoms with E-state index < -0.39 is 42.3 Å². The van der Waals surface area contributed by atoms with E-state index in [9.17, 15) is 19.2 Å². The molecular weight excluding hydrogens is 356 g/mol. The fourth-order valence-electron chi connectivity index (χ4n) is 2.28. The van der Waals surface area contributed by atoms with Crippen LogP contribution in [0.3, 0.4) is 0 Å². The first-order valence-corrected chi connectivity index (χ1v) is 8.65. The first-order valence-electron chi connectivity index (χ1n) is 8.65. The number of carbonyl (C=O) groups is 4. The summed E-state index contributed by atoms with van der Waals surface area (Å²) in [5.74, 6) is -3.51. The first kappa shape index (κ1) is 22.1. The molecule has 0 aliphatic heterocycles. The monoisotopic (exact) mass is 380 g/mol. The van der Waals surface area contributed by atoms with E-state index in [1.54, 1.807) is 39.0 Å². The molecule has 0 aromatic heterocycles. The van der Waals surface area contributed by atoms with Crippen LogP contribution in [0.15, 0.2) is 30.3 Å². The lowest BCUT2D eigenvalue weighted by Crippen LogP contribution is -2.48. The van der Waals surface area contributed by atoms with Crippen LogP contribution in [0.25, 0.3) is 0 Å². The highest BCUT2D eigenvalue weighted by molar-refractivity contribution is 5.96. The smallest absolute Gasteiger partial charge is 0.351 e. The summed E-state index contributed by atoms with van der Waals surface area (Å²) in [4.78, 5) is 49.2. The normalized spacial score (nSPS) is 10.6. The minimum atomic E-state index is -2.18. The quantitative estimate of drug-likeness (QED) is 0.449. The van der Waals surface area contributed by atoms with Gasteiger partial charge in [-0.1, -0.05) is 18.2 Å². The summed E-state index contributed by atoms with van der Waals surface area (Å²) in [6.45, 7) is 4.82. The summed E-state index contributed by atoms with van der Waals surface area (Å²) >= 11 is 0. The van der Waals surface area contributed by atoms with E-state index in [4.69, 9.17) is 18.9 Å². The molecule has 0 aliphatic rings. The van der Waals surface area contributed by atoms with Crippen LogP contribution in [0.1, 0.15) is 44.0 Å². The van der Waals surface area contributed by atoms with E-state index in [0.29, 0.717) is 0 Å². The molecule has 0 bridgehead atoms. The van der Waals surface area contributed by atoms with Crippen molar-refractivity contribution < 1.29 is 38.1 Å². The van der Waals surface area contributed by atoms with Gasteiger partial charge >= 0.3 is 23.9 Å². The second-order valence-corrected chi connectivity index (χ2v) is 5.43. The van der Waals surface area contributed by atoms with Crippen molar-refractivity contribution in [1.29, 1.82) is 0 Å². The lowest BCUT2D eigenvalue weighted by atomic mass is 9.94. The Kier molecular flexibility index (Phi) is 8.98. The Bertz CT molecular complexity index is 633. The molecule has 0 heterocycles. The second kappa shape index (κ2) is 10.9. The van der Waals surface area contributed by atoms with Gasteiger partial charge in [-0.05, 0) is 32.9 Å². The Morgan fingerprint density at radius 2 is 1.26 bits per heavy atom. The van der Waals surface area contributed by atoms with Gasteiger partial charge in [-0.15, -0.1) is 0 Å². The van der Waals surface area contributed by atoms with Gasteiger partial charge < -0.3 is 18.9 Å². The third-order valence-electron chi connectivity index (χ3n) is 3.42. The SMILES string of the molecule is CCOC(=O)CC(CC(=O)OCC)(OC(=O)c1ccccc1)C(=O)OCC. The minimum absolute atomic E-state index is 0.0326. The minimum Gasteiger partial charge on any atom is -0.466 e. The maximum Gasteiger partial charge on any atom is 0.351 e. The zero-order chi connectivity index (χ0) is 20.3. The molecule has 27 heavy (non-hydrogen) atoms. The Morgan fingerprint density at radius 3 is 1.70 bits per heavy atom. The van der Waals surface area contributed by atoms with Crippen LogP contribution >= 0.6 is 0 Å². The number of hydrogen-bond donors (Lipinski definition) is 0. The molecule has 8 heteroatoms. The molecule has 0 unspecified atom stereocenters. The van der Waals surface area contributed by atoms with E-state index in [1.165, 1.54) is 12.1 Å². The first-order chi connectivity index (χ1) is 12.9. The number of hydrogen-bond acceptors (Lipinski definition) is 8. The predicted octanol–water partition coefficient (Wildman–Crippen LogP) is 2.05. The molecule has 0 saturated carbocycles. The van der Waals surface area contributed by atoms with E-state index in [1.807, 2.05) is 0 Å². The van der Waals surface area contributed by atoms with Crippen LogP contribution in [0, 0.1) is 0 Å². The summed E-state index contributed by atoms with van der Waals surface area (Å²) in [6, 6.07) is 7.88. The summed E-state index contributed by atoms with van der Waals surface area (Å²) in [7, 11) is 0. The fraction of sp³-hybridized carbons (Fsp3) is 0.474. The molecule has 0 aliphatic carbocycles. The Balaban J connectivity index is 3.25. The van der Waals surface area contributed by atoms with Crippen molar-refractivity contribution in [2.75, 3.05) is 19.8 Å². The molecule has 0 atom stereocenters. The van der Waals surface area contributed by atoms with Crippen molar-refractivity contribution in [3.8, 4) is 0 Å². The third-order valence-corrected chi connectivity index (χ3v) is 3.42. The Morgan fingerprint density at radius 1 is 0.778 bits per heavy atom. The number of rotatable bonds is 10. The van der Waals surface area contributed by atoms with Crippen molar-refractivity contribution in [2.24, 2.45) is 0 Å². The molecule has 0 N–H and O–H groups in total. The largest absolute Gasteiger partial charge is 0.466 e. The Hall–Kier alpha value is -2.90. The average Bonchev–Trinajstić information content (AvgIpc) is 2.62. The van der Waals surface area contributed by atoms with Crippen LogP contribution < -0.4 is 0 Å². The molecule has 0 spiro atoms. The van der Waals surface area contributed by atoms with Crippen LogP contribution in [-0.4, -0.2) is 49.3 Å². The van der Waals surface area contributed by atoms with Crippen molar-refractivity contribution in [2.45, 2.75) is 39.2 Å². The lowest BCUT2D eigenvalue weighted by Gasteiger charge is -2.29. The summed E-state index contributed by atoms with van der Waals surface area (Å²) < 4.78 is 20.1. The molecule has 1 rings (SSSR count). The van der Waals surface area contributed by atoms with Gasteiger partial charge in [0.1, 0.15) is 0 Å². The summed E-state index contributed by atoms with van der Waals surface area (Å²) in [6.07, 6.45) is -1.34. The predicted molar refractivity (Wildman–Crippen MR) is 93.7 cm³/mol. The van der Waals surface area contributed by atoms with Gasteiger partial charge in [0.25, 0.3) is 0 Å². The molecule has 0 amide bonds. The zero-order valence-electron chi connectivity index (χ0n) is 15.7. The van der Waals surface area contributed by atoms with Gasteiger partial charge in [-0.25, -0.2) is 9.59 Å². The van der Waals surface area contributed by atoms with Crippen molar-refractivity contribution in [1.82, 2.24) is 0 Å². The lowest BCUT2D eigenvalue weighted by molar-refractivity contribution is -0.177. The van der Waals surface area contributed by atoms with Gasteiger partial charge in [-0.3, -0.25) is 9.59 Å². The molecule has 1 aromatic carbocycles. The molecule has 1 aromatic rings. The van der Waals surface area contributed by atoms with Gasteiger partial charge in [0.2, 0.25) is 5.60 Å². The fourth-order valence-corrected chi connectivity index (χ4v) is 2.28. The van der Waals surface area contributed by atoms with Gasteiger partial charge in [0.05, 0.1) is 38.2 Å². The topological polar surface area (TPSA) is 105 Å². The van der Waals surface area contributed by atoms with Crippen LogP contribution in [0.5, 0.6) is 0 Å². The highest BCUT2D eigenvalue weighted by Gasteiger charge is 2.49. The standard InChI is InChI=1S/C19H24O8/c1-4-24-15(20)12-19(18(23)26-6-3,13-16(21)25-5-2)27-17(22)14-10-8-7-9-11-14/h7-11H,4-6,12-13H2,1-3H3. The van der Waals surface area contributed by atoms with Crippen molar-refractivity contribution in [3.05, 3.63) is 35.9 Å². The number of benzene rings is 1. The van der Waals surface area contributed by atoms with Crippen molar-refractivity contribution in [3.63, 3.8) is 0 Å². The van der Waals surface area contributed by atoms with Gasteiger partial charge in [-0.2, -0.15) is 0 Å². The van der Waals surface area contributed by atoms with Gasteiger partial charge in [0, 0.05) is 0 Å². The van der Waals surface area contributed by atoms with E-state index in [0.717, 1.165) is 0 Å².